The molecule has 0 aliphatic heterocycles. The average molecular weight is 818 g/mol. The predicted octanol–water partition coefficient (Wildman–Crippen LogP) is 16.9. The summed E-state index contributed by atoms with van der Waals surface area (Å²) < 4.78 is 6.81. The van der Waals surface area contributed by atoms with Crippen LogP contribution in [0.15, 0.2) is 247 Å². The van der Waals surface area contributed by atoms with Crippen LogP contribution in [0.3, 0.4) is 0 Å². The number of nitrogens with zero attached hydrogens (tertiary/aromatic N) is 1. The predicted molar refractivity (Wildman–Crippen MR) is 268 cm³/mol. The first-order valence-corrected chi connectivity index (χ1v) is 22.0. The van der Waals surface area contributed by atoms with Gasteiger partial charge in [0.2, 0.25) is 0 Å². The third kappa shape index (κ3) is 5.59. The molecule has 1 unspecified atom stereocenters. The highest BCUT2D eigenvalue weighted by molar-refractivity contribution is 6.13. The quantitative estimate of drug-likeness (QED) is 0.142. The van der Waals surface area contributed by atoms with Crippen molar-refractivity contribution in [2.45, 2.75) is 12.3 Å². The van der Waals surface area contributed by atoms with Crippen molar-refractivity contribution < 1.29 is 4.42 Å². The van der Waals surface area contributed by atoms with E-state index in [1.165, 1.54) is 66.8 Å². The maximum atomic E-state index is 6.81. The van der Waals surface area contributed by atoms with Gasteiger partial charge < -0.3 is 9.32 Å². The SMILES string of the molecule is C=C/C=C\C1=C(C)C2(c3ccccc31)c1ccccc1-c1c(-c3cccc4c3oc3ccccc34)ccc(N(c3ccc(-c4ccccc4)cc3)c3ccc(-c4ccccc4)cc3)c12. The summed E-state index contributed by atoms with van der Waals surface area (Å²) >= 11 is 0. The molecular weight excluding hydrogens is 775 g/mol. The number of furan rings is 1. The molecule has 0 radical (unpaired) electrons. The van der Waals surface area contributed by atoms with Crippen LogP contribution < -0.4 is 4.90 Å². The van der Waals surface area contributed by atoms with Crippen molar-refractivity contribution in [2.24, 2.45) is 0 Å². The highest BCUT2D eigenvalue weighted by Crippen LogP contribution is 2.66. The smallest absolute Gasteiger partial charge is 0.143 e. The van der Waals surface area contributed by atoms with Crippen molar-refractivity contribution in [3.8, 4) is 44.5 Å². The Bertz CT molecular complexity index is 3420. The van der Waals surface area contributed by atoms with Crippen LogP contribution >= 0.6 is 0 Å². The van der Waals surface area contributed by atoms with Crippen LogP contribution in [0.5, 0.6) is 0 Å². The van der Waals surface area contributed by atoms with E-state index in [1.807, 2.05) is 6.08 Å². The van der Waals surface area contributed by atoms with Crippen LogP contribution in [0.1, 0.15) is 29.2 Å². The van der Waals surface area contributed by atoms with Gasteiger partial charge in [-0.1, -0.05) is 201 Å². The van der Waals surface area contributed by atoms with E-state index in [0.29, 0.717) is 0 Å². The van der Waals surface area contributed by atoms with Gasteiger partial charge in [-0.2, -0.15) is 0 Å². The molecule has 0 saturated heterocycles. The van der Waals surface area contributed by atoms with Gasteiger partial charge >= 0.3 is 0 Å². The summed E-state index contributed by atoms with van der Waals surface area (Å²) in [5.74, 6) is 0. The van der Waals surface area contributed by atoms with E-state index in [1.54, 1.807) is 0 Å². The molecule has 0 fully saturated rings. The monoisotopic (exact) mass is 817 g/mol. The van der Waals surface area contributed by atoms with Gasteiger partial charge in [-0.05, 0) is 110 Å². The molecule has 64 heavy (non-hydrogen) atoms. The van der Waals surface area contributed by atoms with Gasteiger partial charge in [0.1, 0.15) is 11.2 Å². The number of benzene rings is 9. The third-order valence-corrected chi connectivity index (χ3v) is 13.5. The number of para-hydroxylation sites is 2. The Morgan fingerprint density at radius 1 is 0.469 bits per heavy atom. The highest BCUT2D eigenvalue weighted by Gasteiger charge is 2.53. The van der Waals surface area contributed by atoms with E-state index in [4.69, 9.17) is 4.42 Å². The topological polar surface area (TPSA) is 16.4 Å². The van der Waals surface area contributed by atoms with E-state index in [-0.39, 0.29) is 0 Å². The number of hydrogen-bond donors (Lipinski definition) is 0. The summed E-state index contributed by atoms with van der Waals surface area (Å²) in [5.41, 5.74) is 21.4. The second-order valence-corrected chi connectivity index (χ2v) is 16.8. The maximum absolute atomic E-state index is 6.81. The van der Waals surface area contributed by atoms with Gasteiger partial charge in [0.25, 0.3) is 0 Å². The normalized spacial score (nSPS) is 15.0. The lowest BCUT2D eigenvalue weighted by atomic mass is 9.69. The Labute approximate surface area is 374 Å². The van der Waals surface area contributed by atoms with Crippen LogP contribution in [-0.4, -0.2) is 0 Å². The Hall–Kier alpha value is -8.20. The molecule has 2 aliphatic rings. The minimum Gasteiger partial charge on any atom is -0.455 e. The molecule has 9 aromatic carbocycles. The first kappa shape index (κ1) is 37.6. The zero-order valence-electron chi connectivity index (χ0n) is 35.5. The van der Waals surface area contributed by atoms with E-state index < -0.39 is 5.41 Å². The Kier molecular flexibility index (Phi) is 8.81. The van der Waals surface area contributed by atoms with Crippen LogP contribution in [0.25, 0.3) is 72.0 Å². The first-order chi connectivity index (χ1) is 31.6. The molecule has 302 valence electrons. The molecule has 2 heteroatoms. The fraction of sp³-hybridized carbons (Fsp3) is 0.0323. The minimum absolute atomic E-state index is 0.622. The molecule has 1 atom stereocenters. The van der Waals surface area contributed by atoms with E-state index >= 15 is 0 Å². The van der Waals surface area contributed by atoms with Gasteiger partial charge in [0, 0.05) is 33.3 Å². The van der Waals surface area contributed by atoms with Gasteiger partial charge in [-0.3, -0.25) is 0 Å². The zero-order chi connectivity index (χ0) is 42.8. The lowest BCUT2D eigenvalue weighted by molar-refractivity contribution is 0.670. The van der Waals surface area contributed by atoms with Crippen molar-refractivity contribution in [1.82, 2.24) is 0 Å². The molecule has 12 rings (SSSR count). The molecule has 0 saturated carbocycles. The zero-order valence-corrected chi connectivity index (χ0v) is 35.5. The maximum Gasteiger partial charge on any atom is 0.143 e. The fourth-order valence-electron chi connectivity index (χ4n) is 10.8. The number of hydrogen-bond acceptors (Lipinski definition) is 2. The van der Waals surface area contributed by atoms with Crippen LogP contribution in [0.2, 0.25) is 0 Å². The first-order valence-electron chi connectivity index (χ1n) is 22.0. The van der Waals surface area contributed by atoms with E-state index in [0.717, 1.165) is 50.1 Å². The summed E-state index contributed by atoms with van der Waals surface area (Å²) in [4.78, 5) is 2.48. The van der Waals surface area contributed by atoms with Crippen LogP contribution in [0.4, 0.5) is 17.1 Å². The molecule has 1 aromatic heterocycles. The molecule has 10 aromatic rings. The second kappa shape index (κ2) is 15.0. The largest absolute Gasteiger partial charge is 0.455 e. The van der Waals surface area contributed by atoms with Crippen molar-refractivity contribution in [3.05, 3.63) is 265 Å². The van der Waals surface area contributed by atoms with E-state index in [9.17, 15) is 0 Å². The molecule has 1 heterocycles. The van der Waals surface area contributed by atoms with Gasteiger partial charge in [-0.15, -0.1) is 0 Å². The third-order valence-electron chi connectivity index (χ3n) is 13.5. The molecule has 1 spiro atoms. The van der Waals surface area contributed by atoms with Crippen molar-refractivity contribution in [1.29, 1.82) is 0 Å². The molecule has 0 bridgehead atoms. The van der Waals surface area contributed by atoms with Crippen LogP contribution in [0, 0.1) is 0 Å². The summed E-state index contributed by atoms with van der Waals surface area (Å²) in [5, 5.41) is 2.24. The highest BCUT2D eigenvalue weighted by atomic mass is 16.3. The number of anilines is 3. The lowest BCUT2D eigenvalue weighted by Crippen LogP contribution is -2.28. The lowest BCUT2D eigenvalue weighted by Gasteiger charge is -2.36. The number of allylic oxidation sites excluding steroid dienone is 5. The fourth-order valence-corrected chi connectivity index (χ4v) is 10.8. The van der Waals surface area contributed by atoms with Crippen molar-refractivity contribution in [2.75, 3.05) is 4.90 Å². The molecule has 2 nitrogen and oxygen atoms in total. The molecule has 0 amide bonds. The number of fused-ring (bicyclic) bond motifs is 10. The summed E-state index contributed by atoms with van der Waals surface area (Å²) in [7, 11) is 0. The van der Waals surface area contributed by atoms with E-state index in [2.05, 4.69) is 243 Å². The molecule has 2 aliphatic carbocycles. The van der Waals surface area contributed by atoms with Gasteiger partial charge in [0.15, 0.2) is 0 Å². The Balaban J connectivity index is 1.20. The second-order valence-electron chi connectivity index (χ2n) is 16.8. The summed E-state index contributed by atoms with van der Waals surface area (Å²) in [6, 6.07) is 77.2. The van der Waals surface area contributed by atoms with Gasteiger partial charge in [-0.25, -0.2) is 0 Å². The minimum atomic E-state index is -0.622. The summed E-state index contributed by atoms with van der Waals surface area (Å²) in [6.45, 7) is 6.43. The summed E-state index contributed by atoms with van der Waals surface area (Å²) in [6.07, 6.45) is 6.20. The van der Waals surface area contributed by atoms with Crippen LogP contribution in [-0.2, 0) is 5.41 Å². The molecule has 0 N–H and O–H groups in total. The average Bonchev–Trinajstić information content (AvgIpc) is 3.98. The Morgan fingerprint density at radius 2 is 1.00 bits per heavy atom. The molecular formula is C62H43NO. The number of rotatable bonds is 8. The Morgan fingerprint density at radius 3 is 1.66 bits per heavy atom. The standard InChI is InChI=1S/C62H43NO/c1-3-4-22-48-41(2)62(55-28-14-11-23-49(48)55)56-29-15-12-25-54(56)59-51(53-27-17-26-52-50-24-13-16-30-58(50)64-61(52)53)39-40-57(60(59)62)63(46-35-31-44(32-36-46)42-18-7-5-8-19-42)47-37-33-45(34-38-47)43-20-9-6-10-21-43/h3-40H,1H2,2H3/b22-4-. The van der Waals surface area contributed by atoms with Gasteiger partial charge in [0.05, 0.1) is 11.1 Å². The van der Waals surface area contributed by atoms with Crippen molar-refractivity contribution >= 4 is 44.6 Å². The van der Waals surface area contributed by atoms with Crippen molar-refractivity contribution in [3.63, 3.8) is 0 Å².